The van der Waals surface area contributed by atoms with Gasteiger partial charge >= 0.3 is 0 Å². The lowest BCUT2D eigenvalue weighted by Crippen LogP contribution is -2.36. The van der Waals surface area contributed by atoms with Gasteiger partial charge in [-0.2, -0.15) is 0 Å². The van der Waals surface area contributed by atoms with Crippen LogP contribution < -0.4 is 15.5 Å². The maximum absolute atomic E-state index is 13.8. The van der Waals surface area contributed by atoms with Crippen LogP contribution >= 0.6 is 0 Å². The van der Waals surface area contributed by atoms with Crippen LogP contribution in [0.15, 0.2) is 48.5 Å². The van der Waals surface area contributed by atoms with Gasteiger partial charge in [0.2, 0.25) is 17.7 Å². The number of hydrogen-bond acceptors (Lipinski definition) is 7. The number of fused-ring (bicyclic) bond motifs is 5. The van der Waals surface area contributed by atoms with Gasteiger partial charge in [-0.25, -0.2) is 4.68 Å². The molecule has 47 heavy (non-hydrogen) atoms. The molecule has 11 heteroatoms. The van der Waals surface area contributed by atoms with Crippen LogP contribution in [0, 0.1) is 11.3 Å². The summed E-state index contributed by atoms with van der Waals surface area (Å²) in [5, 5.41) is 14.3. The predicted octanol–water partition coefficient (Wildman–Crippen LogP) is 4.93. The molecule has 2 N–H and O–H groups in total. The van der Waals surface area contributed by atoms with Crippen molar-refractivity contribution in [1.29, 1.82) is 0 Å². The summed E-state index contributed by atoms with van der Waals surface area (Å²) < 4.78 is 7.65. The number of carbonyl (C=O) groups excluding carboxylic acids is 4. The Balaban J connectivity index is 1.41. The second-order valence-corrected chi connectivity index (χ2v) is 13.6. The highest BCUT2D eigenvalue weighted by atomic mass is 16.5. The van der Waals surface area contributed by atoms with E-state index < -0.39 is 11.0 Å². The number of amides is 3. The maximum Gasteiger partial charge on any atom is 0.241 e. The number of nitrogens with one attached hydrogen (secondary N) is 2. The summed E-state index contributed by atoms with van der Waals surface area (Å²) in [5.41, 5.74) is 3.44. The van der Waals surface area contributed by atoms with Crippen LogP contribution in [0.5, 0.6) is 0 Å². The highest BCUT2D eigenvalue weighted by Crippen LogP contribution is 2.41. The van der Waals surface area contributed by atoms with Crippen LogP contribution in [0.25, 0.3) is 22.5 Å². The summed E-state index contributed by atoms with van der Waals surface area (Å²) in [5.74, 6) is -0.434. The monoisotopic (exact) mass is 644 g/mol. The summed E-state index contributed by atoms with van der Waals surface area (Å²) in [6, 6.07) is 15.2. The molecule has 0 bridgehead atoms. The Morgan fingerprint density at radius 2 is 1.60 bits per heavy atom. The molecule has 0 saturated carbocycles. The first kappa shape index (κ1) is 35.5. The summed E-state index contributed by atoms with van der Waals surface area (Å²) in [7, 11) is 1.57. The number of nitrogens with zero attached hydrogens (tertiary/aromatic N) is 4. The summed E-state index contributed by atoms with van der Waals surface area (Å²) in [6.07, 6.45) is 1.26. The van der Waals surface area contributed by atoms with Crippen LogP contribution in [0.4, 0.5) is 5.69 Å². The first-order valence-electron chi connectivity index (χ1n) is 16.3. The van der Waals surface area contributed by atoms with E-state index in [-0.39, 0.29) is 48.8 Å². The van der Waals surface area contributed by atoms with E-state index in [1.54, 1.807) is 16.6 Å². The number of ketones is 1. The van der Waals surface area contributed by atoms with Crippen molar-refractivity contribution in [1.82, 2.24) is 25.6 Å². The molecule has 0 aliphatic carbocycles. The molecule has 1 aliphatic rings. The molecule has 0 spiro atoms. The number of benzene rings is 2. The third kappa shape index (κ3) is 8.71. The number of para-hydroxylation sites is 1. The largest absolute Gasteiger partial charge is 0.375 e. The van der Waals surface area contributed by atoms with Crippen molar-refractivity contribution in [3.8, 4) is 22.5 Å². The Bertz CT molecular complexity index is 1610. The minimum absolute atomic E-state index is 0.0177. The molecular formula is C36H48N6O5. The molecule has 0 atom stereocenters. The van der Waals surface area contributed by atoms with E-state index >= 15 is 0 Å². The van der Waals surface area contributed by atoms with Gasteiger partial charge in [-0.15, -0.1) is 5.10 Å². The second kappa shape index (κ2) is 15.0. The average molecular weight is 645 g/mol. The van der Waals surface area contributed by atoms with Crippen molar-refractivity contribution >= 4 is 29.2 Å². The molecule has 3 amide bonds. The van der Waals surface area contributed by atoms with Gasteiger partial charge in [0.15, 0.2) is 0 Å². The molecule has 0 saturated heterocycles. The smallest absolute Gasteiger partial charge is 0.241 e. The summed E-state index contributed by atoms with van der Waals surface area (Å²) in [4.78, 5) is 53.2. The number of anilines is 1. The van der Waals surface area contributed by atoms with Gasteiger partial charge in [-0.05, 0) is 38.3 Å². The predicted molar refractivity (Wildman–Crippen MR) is 181 cm³/mol. The number of Topliss-reactive ketones (excluding diaryl/α,β-unsaturated/α-hetero) is 1. The van der Waals surface area contributed by atoms with Gasteiger partial charge in [0.25, 0.3) is 0 Å². The third-order valence-corrected chi connectivity index (χ3v) is 8.69. The maximum atomic E-state index is 13.8. The number of carbonyl (C=O) groups is 4. The van der Waals surface area contributed by atoms with Gasteiger partial charge in [0.1, 0.15) is 18.0 Å². The minimum Gasteiger partial charge on any atom is -0.375 e. The number of likely N-dealkylation sites (N-methyl/N-ethyl adjacent to an activating group) is 1. The molecule has 1 aromatic heterocycles. The highest BCUT2D eigenvalue weighted by molar-refractivity contribution is 6.01. The summed E-state index contributed by atoms with van der Waals surface area (Å²) in [6.45, 7) is 12.8. The van der Waals surface area contributed by atoms with E-state index in [4.69, 9.17) is 4.74 Å². The van der Waals surface area contributed by atoms with Crippen LogP contribution in [0.3, 0.4) is 0 Å². The number of ether oxygens (including phenoxy) is 1. The second-order valence-electron chi connectivity index (χ2n) is 13.6. The Morgan fingerprint density at radius 1 is 0.915 bits per heavy atom. The zero-order chi connectivity index (χ0) is 34.4. The Hall–Kier alpha value is -4.38. The molecule has 0 radical (unpaired) electrons. The lowest BCUT2D eigenvalue weighted by molar-refractivity contribution is -0.132. The van der Waals surface area contributed by atoms with Crippen molar-refractivity contribution in [3.63, 3.8) is 0 Å². The fourth-order valence-electron chi connectivity index (χ4n) is 5.87. The van der Waals surface area contributed by atoms with Gasteiger partial charge in [-0.3, -0.25) is 19.2 Å². The van der Waals surface area contributed by atoms with Crippen molar-refractivity contribution in [3.05, 3.63) is 54.1 Å². The van der Waals surface area contributed by atoms with Crippen LogP contribution in [-0.2, 0) is 37.0 Å². The first-order valence-corrected chi connectivity index (χ1v) is 16.3. The van der Waals surface area contributed by atoms with E-state index in [0.717, 1.165) is 16.7 Å². The molecule has 11 nitrogen and oxygen atoms in total. The van der Waals surface area contributed by atoms with Crippen LogP contribution in [0.1, 0.15) is 72.8 Å². The van der Waals surface area contributed by atoms with Crippen LogP contribution in [-0.4, -0.2) is 64.3 Å². The molecular weight excluding hydrogens is 596 g/mol. The van der Waals surface area contributed by atoms with Gasteiger partial charge in [0, 0.05) is 55.5 Å². The third-order valence-electron chi connectivity index (χ3n) is 8.69. The lowest BCUT2D eigenvalue weighted by atomic mass is 9.80. The quantitative estimate of drug-likeness (QED) is 0.254. The molecule has 2 heterocycles. The Morgan fingerprint density at radius 3 is 2.30 bits per heavy atom. The van der Waals surface area contributed by atoms with Crippen molar-refractivity contribution in [2.24, 2.45) is 11.3 Å². The Labute approximate surface area is 277 Å². The topological polar surface area (TPSA) is 136 Å². The molecule has 2 aromatic carbocycles. The van der Waals surface area contributed by atoms with E-state index in [1.807, 2.05) is 90.1 Å². The van der Waals surface area contributed by atoms with Crippen molar-refractivity contribution < 1.29 is 23.9 Å². The Kier molecular flexibility index (Phi) is 11.3. The lowest BCUT2D eigenvalue weighted by Gasteiger charge is -2.30. The molecule has 3 aromatic rings. The standard InChI is InChI=1S/C36H48N6O5/c1-24(2)34(46)35(3,4)19-21-47-36(5,6)18-20-38-29(43)16-17-31(45)41-22-25-12-8-9-13-26(25)32-33(27-14-10-11-15-28(27)41)42(40-39-32)23-30(44)37-7/h8-15,24H,16-23H2,1-7H3,(H,37,44)(H,38,43). The average Bonchev–Trinajstić information content (AvgIpc) is 3.43. The molecule has 1 aliphatic heterocycles. The normalized spacial score (nSPS) is 12.8. The zero-order valence-electron chi connectivity index (χ0n) is 28.7. The van der Waals surface area contributed by atoms with Crippen LogP contribution in [0.2, 0.25) is 0 Å². The van der Waals surface area contributed by atoms with E-state index in [9.17, 15) is 19.2 Å². The fourth-order valence-corrected chi connectivity index (χ4v) is 5.87. The van der Waals surface area contributed by atoms with E-state index in [1.165, 1.54) is 0 Å². The van der Waals surface area contributed by atoms with Crippen molar-refractivity contribution in [2.75, 3.05) is 25.1 Å². The fraction of sp³-hybridized carbons (Fsp3) is 0.500. The van der Waals surface area contributed by atoms with Gasteiger partial charge in [0.05, 0.1) is 23.5 Å². The van der Waals surface area contributed by atoms with E-state index in [0.29, 0.717) is 49.6 Å². The summed E-state index contributed by atoms with van der Waals surface area (Å²) >= 11 is 0. The zero-order valence-corrected chi connectivity index (χ0v) is 28.7. The number of aromatic nitrogens is 3. The van der Waals surface area contributed by atoms with Gasteiger partial charge < -0.3 is 20.3 Å². The van der Waals surface area contributed by atoms with Gasteiger partial charge in [-0.1, -0.05) is 75.4 Å². The molecule has 0 unspecified atom stereocenters. The number of rotatable bonds is 14. The highest BCUT2D eigenvalue weighted by Gasteiger charge is 2.31. The number of hydrogen-bond donors (Lipinski definition) is 2. The molecule has 4 rings (SSSR count). The first-order chi connectivity index (χ1) is 22.2. The minimum atomic E-state index is -0.486. The van der Waals surface area contributed by atoms with Crippen molar-refractivity contribution in [2.45, 2.75) is 85.9 Å². The molecule has 0 fully saturated rings. The molecule has 252 valence electrons. The van der Waals surface area contributed by atoms with E-state index in [2.05, 4.69) is 20.9 Å². The SMILES string of the molecule is CNC(=O)Cn1nnc2c1-c1ccccc1N(C(=O)CCC(=O)NCCC(C)(C)OCCC(C)(C)C(=O)C(C)C)Cc1ccccc1-2.